The fourth-order valence-corrected chi connectivity index (χ4v) is 2.87. The number of unbranched alkanes of at least 4 members (excludes halogenated alkanes) is 5. The molecule has 1 aromatic rings. The second-order valence-corrected chi connectivity index (χ2v) is 7.52. The Kier molecular flexibility index (Phi) is 18.4. The van der Waals surface area contributed by atoms with E-state index >= 15 is 0 Å². The maximum absolute atomic E-state index is 10.2. The Bertz CT molecular complexity index is 593. The molecule has 7 nitrogen and oxygen atoms in total. The van der Waals surface area contributed by atoms with Gasteiger partial charge in [0, 0.05) is 0 Å². The summed E-state index contributed by atoms with van der Waals surface area (Å²) in [6.45, 7) is 3.47. The van der Waals surface area contributed by atoms with Crippen LogP contribution >= 0.6 is 0 Å². The monoisotopic (exact) mass is 440 g/mol. The van der Waals surface area contributed by atoms with E-state index in [1.54, 1.807) is 0 Å². The van der Waals surface area contributed by atoms with Crippen molar-refractivity contribution < 1.29 is 60.9 Å². The first-order valence-electron chi connectivity index (χ1n) is 9.98. The normalized spacial score (nSPS) is 11.2. The Labute approximate surface area is 197 Å². The van der Waals surface area contributed by atoms with Gasteiger partial charge in [-0.25, -0.2) is 8.42 Å². The summed E-state index contributed by atoms with van der Waals surface area (Å²) in [4.78, 5) is 0. The van der Waals surface area contributed by atoms with E-state index in [1.165, 1.54) is 44.1 Å². The molecule has 0 saturated heterocycles. The minimum Gasteiger partial charge on any atom is -0.726 e. The number of hydrogen-bond donors (Lipinski definition) is 0. The number of rotatable bonds is 18. The van der Waals surface area contributed by atoms with Gasteiger partial charge in [0.25, 0.3) is 0 Å². The first-order valence-corrected chi connectivity index (χ1v) is 11.3. The van der Waals surface area contributed by atoms with Crippen molar-refractivity contribution >= 4 is 10.4 Å². The largest absolute Gasteiger partial charge is 1.00 e. The van der Waals surface area contributed by atoms with Crippen LogP contribution in [0, 0.1) is 0 Å². The Hall–Kier alpha value is -0.190. The van der Waals surface area contributed by atoms with E-state index < -0.39 is 10.4 Å². The van der Waals surface area contributed by atoms with Crippen LogP contribution in [-0.2, 0) is 30.5 Å². The van der Waals surface area contributed by atoms with E-state index in [0.29, 0.717) is 19.8 Å². The van der Waals surface area contributed by atoms with Crippen molar-refractivity contribution in [2.45, 2.75) is 51.9 Å². The second kappa shape index (κ2) is 18.6. The van der Waals surface area contributed by atoms with Crippen LogP contribution in [0.3, 0.4) is 0 Å². The van der Waals surface area contributed by atoms with E-state index in [1.807, 2.05) is 12.1 Å². The summed E-state index contributed by atoms with van der Waals surface area (Å²) in [7, 11) is -4.65. The second-order valence-electron chi connectivity index (χ2n) is 6.47. The molecule has 0 spiro atoms. The van der Waals surface area contributed by atoms with Crippen LogP contribution in [0.5, 0.6) is 5.75 Å². The number of ether oxygens (including phenoxy) is 3. The van der Waals surface area contributed by atoms with Gasteiger partial charge < -0.3 is 18.8 Å². The molecular weight excluding hydrogens is 407 g/mol. The van der Waals surface area contributed by atoms with Crippen LogP contribution in [-0.4, -0.2) is 52.6 Å². The maximum atomic E-state index is 10.2. The summed E-state index contributed by atoms with van der Waals surface area (Å²) in [6.07, 6.45) is 8.94. The molecule has 0 aliphatic carbocycles. The Morgan fingerprint density at radius 3 is 1.97 bits per heavy atom. The fourth-order valence-electron chi connectivity index (χ4n) is 2.60. The van der Waals surface area contributed by atoms with Crippen molar-refractivity contribution in [3.05, 3.63) is 29.8 Å². The third-order valence-corrected chi connectivity index (χ3v) is 4.52. The summed E-state index contributed by atoms with van der Waals surface area (Å²) >= 11 is 0. The zero-order chi connectivity index (χ0) is 20.5. The molecule has 1 rings (SSSR count). The zero-order valence-corrected chi connectivity index (χ0v) is 20.6. The zero-order valence-electron chi connectivity index (χ0n) is 17.8. The molecule has 9 heteroatoms. The summed E-state index contributed by atoms with van der Waals surface area (Å²) in [5.41, 5.74) is 1.34. The topological polar surface area (TPSA) is 94.1 Å². The summed E-state index contributed by atoms with van der Waals surface area (Å²) in [6, 6.07) is 8.19. The Morgan fingerprint density at radius 2 is 1.34 bits per heavy atom. The summed E-state index contributed by atoms with van der Waals surface area (Å²) < 4.78 is 50.6. The van der Waals surface area contributed by atoms with Gasteiger partial charge in [0.1, 0.15) is 12.4 Å². The van der Waals surface area contributed by atoms with Crippen molar-refractivity contribution in [1.29, 1.82) is 0 Å². The molecule has 0 aliphatic heterocycles. The molecule has 0 fully saturated rings. The number of hydrogen-bond acceptors (Lipinski definition) is 7. The smallest absolute Gasteiger partial charge is 0.726 e. The molecule has 0 N–H and O–H groups in total. The molecule has 0 atom stereocenters. The van der Waals surface area contributed by atoms with Crippen molar-refractivity contribution in [3.8, 4) is 5.75 Å². The van der Waals surface area contributed by atoms with Gasteiger partial charge in [0.15, 0.2) is 0 Å². The average Bonchev–Trinajstić information content (AvgIpc) is 2.66. The molecule has 0 unspecified atom stereocenters. The standard InChI is InChI=1S/C20H34O7S.Na/c1-2-3-4-5-6-7-8-19-9-11-20(12-10-19)26-17-15-24-13-14-25-16-18-27-28(21,22)23;/h9-12H,2-8,13-18H2,1H3,(H,21,22,23);/q;+1/p-1. The van der Waals surface area contributed by atoms with Gasteiger partial charge >= 0.3 is 29.6 Å². The molecule has 0 bridgehead atoms. The molecule has 1 aromatic carbocycles. The van der Waals surface area contributed by atoms with Crippen molar-refractivity contribution in [3.63, 3.8) is 0 Å². The van der Waals surface area contributed by atoms with Gasteiger partial charge in [-0.3, -0.25) is 4.18 Å². The predicted molar refractivity (Wildman–Crippen MR) is 106 cm³/mol. The third-order valence-electron chi connectivity index (χ3n) is 4.07. The first kappa shape index (κ1) is 28.8. The predicted octanol–water partition coefficient (Wildman–Crippen LogP) is 0.482. The van der Waals surface area contributed by atoms with Gasteiger partial charge in [0.2, 0.25) is 10.4 Å². The van der Waals surface area contributed by atoms with E-state index in [-0.39, 0.29) is 49.4 Å². The number of benzene rings is 1. The van der Waals surface area contributed by atoms with Gasteiger partial charge in [0.05, 0.1) is 33.0 Å². The van der Waals surface area contributed by atoms with Crippen LogP contribution in [0.2, 0.25) is 0 Å². The first-order chi connectivity index (χ1) is 13.5. The van der Waals surface area contributed by atoms with Gasteiger partial charge in [-0.05, 0) is 30.5 Å². The van der Waals surface area contributed by atoms with E-state index in [0.717, 1.165) is 12.2 Å². The summed E-state index contributed by atoms with van der Waals surface area (Å²) in [5, 5.41) is 0. The van der Waals surface area contributed by atoms with E-state index in [9.17, 15) is 13.0 Å². The summed E-state index contributed by atoms with van der Waals surface area (Å²) in [5.74, 6) is 0.822. The van der Waals surface area contributed by atoms with E-state index in [2.05, 4.69) is 23.2 Å². The van der Waals surface area contributed by atoms with E-state index in [4.69, 9.17) is 14.2 Å². The molecule has 0 heterocycles. The van der Waals surface area contributed by atoms with Crippen molar-refractivity contribution in [2.24, 2.45) is 0 Å². The Morgan fingerprint density at radius 1 is 0.793 bits per heavy atom. The van der Waals surface area contributed by atoms with Crippen LogP contribution < -0.4 is 34.3 Å². The Balaban J connectivity index is 0.00000784. The molecule has 0 amide bonds. The number of aryl methyl sites for hydroxylation is 1. The van der Waals surface area contributed by atoms with Crippen molar-refractivity contribution in [2.75, 3.05) is 39.6 Å². The molecule has 0 aliphatic rings. The third kappa shape index (κ3) is 18.3. The van der Waals surface area contributed by atoms with Crippen LogP contribution in [0.15, 0.2) is 24.3 Å². The van der Waals surface area contributed by atoms with Crippen molar-refractivity contribution in [1.82, 2.24) is 0 Å². The quantitative estimate of drug-likeness (QED) is 0.142. The fraction of sp³-hybridized carbons (Fsp3) is 0.700. The van der Waals surface area contributed by atoms with Crippen LogP contribution in [0.4, 0.5) is 0 Å². The minimum absolute atomic E-state index is 0. The van der Waals surface area contributed by atoms with Gasteiger partial charge in [-0.2, -0.15) is 0 Å². The maximum Gasteiger partial charge on any atom is 1.00 e. The van der Waals surface area contributed by atoms with Gasteiger partial charge in [-0.15, -0.1) is 0 Å². The van der Waals surface area contributed by atoms with Gasteiger partial charge in [-0.1, -0.05) is 51.2 Å². The molecule has 29 heavy (non-hydrogen) atoms. The molecular formula is C20H33NaO7S. The molecule has 162 valence electrons. The average molecular weight is 441 g/mol. The van der Waals surface area contributed by atoms with Crippen LogP contribution in [0.25, 0.3) is 0 Å². The molecule has 0 aromatic heterocycles. The molecule has 0 radical (unpaired) electrons. The molecule has 0 saturated carbocycles. The minimum atomic E-state index is -4.65. The SMILES string of the molecule is CCCCCCCCc1ccc(OCCOCCOCCOS(=O)(=O)[O-])cc1.[Na+]. The van der Waals surface area contributed by atoms with Crippen LogP contribution in [0.1, 0.15) is 51.0 Å².